The standard InChI is InChI=1S/C21H27N7/c1-5-7-10-16(9-6-2)14(3)15(4)24-20-26-19(23)27-21(28-20)25-18-12-8-11-17(22)13-18/h5-15H,1-2,22H2,3-4H3,(H4,23,24,25,26,27,28)/b10-7-,16-9+. The monoisotopic (exact) mass is 377 g/mol. The molecule has 6 N–H and O–H groups in total. The highest BCUT2D eigenvalue weighted by molar-refractivity contribution is 5.60. The Hall–Kier alpha value is -3.61. The number of allylic oxidation sites excluding steroid dienone is 5. The van der Waals surface area contributed by atoms with Gasteiger partial charge in [-0.1, -0.05) is 56.5 Å². The van der Waals surface area contributed by atoms with Gasteiger partial charge in [0, 0.05) is 23.3 Å². The van der Waals surface area contributed by atoms with Crippen LogP contribution in [0.25, 0.3) is 0 Å². The lowest BCUT2D eigenvalue weighted by atomic mass is 9.93. The Labute approximate surface area is 166 Å². The molecule has 0 radical (unpaired) electrons. The van der Waals surface area contributed by atoms with Crippen molar-refractivity contribution in [3.05, 3.63) is 73.4 Å². The Morgan fingerprint density at radius 1 is 1.07 bits per heavy atom. The third-order valence-corrected chi connectivity index (χ3v) is 4.16. The minimum atomic E-state index is 0.0303. The van der Waals surface area contributed by atoms with Gasteiger partial charge in [0.1, 0.15) is 0 Å². The zero-order valence-corrected chi connectivity index (χ0v) is 16.3. The number of nitrogens with two attached hydrogens (primary N) is 2. The first-order valence-electron chi connectivity index (χ1n) is 8.95. The molecule has 0 aliphatic rings. The van der Waals surface area contributed by atoms with E-state index < -0.39 is 0 Å². The van der Waals surface area contributed by atoms with Crippen molar-refractivity contribution in [1.82, 2.24) is 15.0 Å². The van der Waals surface area contributed by atoms with E-state index in [1.807, 2.05) is 37.3 Å². The van der Waals surface area contributed by atoms with E-state index in [1.54, 1.807) is 24.3 Å². The quantitative estimate of drug-likeness (QED) is 0.384. The second-order valence-electron chi connectivity index (χ2n) is 6.31. The van der Waals surface area contributed by atoms with Crippen LogP contribution >= 0.6 is 0 Å². The predicted molar refractivity (Wildman–Crippen MR) is 118 cm³/mol. The molecule has 0 saturated heterocycles. The van der Waals surface area contributed by atoms with Gasteiger partial charge in [-0.3, -0.25) is 0 Å². The normalized spacial score (nSPS) is 13.7. The average molecular weight is 377 g/mol. The molecule has 0 fully saturated rings. The Bertz CT molecular complexity index is 886. The number of nitrogens with zero attached hydrogens (tertiary/aromatic N) is 3. The van der Waals surface area contributed by atoms with Crippen LogP contribution in [0.1, 0.15) is 13.8 Å². The molecule has 0 bridgehead atoms. The van der Waals surface area contributed by atoms with Crippen LogP contribution in [0.2, 0.25) is 0 Å². The summed E-state index contributed by atoms with van der Waals surface area (Å²) in [5.41, 5.74) is 14.2. The number of anilines is 5. The third-order valence-electron chi connectivity index (χ3n) is 4.16. The summed E-state index contributed by atoms with van der Waals surface area (Å²) in [6.45, 7) is 11.7. The van der Waals surface area contributed by atoms with Gasteiger partial charge in [-0.2, -0.15) is 15.0 Å². The highest BCUT2D eigenvalue weighted by Gasteiger charge is 2.16. The molecular formula is C21H27N7. The molecular weight excluding hydrogens is 350 g/mol. The summed E-state index contributed by atoms with van der Waals surface area (Å²) in [4.78, 5) is 12.7. The molecule has 2 aromatic rings. The Kier molecular flexibility index (Phi) is 7.33. The van der Waals surface area contributed by atoms with Crippen LogP contribution in [0, 0.1) is 5.92 Å². The van der Waals surface area contributed by atoms with E-state index in [-0.39, 0.29) is 17.9 Å². The van der Waals surface area contributed by atoms with Crippen LogP contribution in [-0.2, 0) is 0 Å². The first kappa shape index (κ1) is 20.7. The van der Waals surface area contributed by atoms with Crippen molar-refractivity contribution in [2.75, 3.05) is 22.1 Å². The van der Waals surface area contributed by atoms with Crippen molar-refractivity contribution in [2.45, 2.75) is 19.9 Å². The average Bonchev–Trinajstić information content (AvgIpc) is 2.64. The summed E-state index contributed by atoms with van der Waals surface area (Å²) in [5, 5.41) is 6.38. The molecule has 7 heteroatoms. The zero-order valence-electron chi connectivity index (χ0n) is 16.3. The summed E-state index contributed by atoms with van der Waals surface area (Å²) in [7, 11) is 0. The van der Waals surface area contributed by atoms with Gasteiger partial charge >= 0.3 is 0 Å². The van der Waals surface area contributed by atoms with Gasteiger partial charge in [0.25, 0.3) is 0 Å². The third kappa shape index (κ3) is 5.98. The lowest BCUT2D eigenvalue weighted by Crippen LogP contribution is -2.26. The summed E-state index contributed by atoms with van der Waals surface area (Å²) in [5.74, 6) is 1.02. The van der Waals surface area contributed by atoms with Gasteiger partial charge < -0.3 is 22.1 Å². The fraction of sp³-hybridized carbons (Fsp3) is 0.190. The van der Waals surface area contributed by atoms with E-state index in [2.05, 4.69) is 45.7 Å². The molecule has 0 spiro atoms. The summed E-state index contributed by atoms with van der Waals surface area (Å²) in [6.07, 6.45) is 9.37. The van der Waals surface area contributed by atoms with Crippen LogP contribution in [0.5, 0.6) is 0 Å². The number of nitrogen functional groups attached to an aromatic ring is 2. The number of benzene rings is 1. The molecule has 1 aromatic carbocycles. The maximum atomic E-state index is 5.85. The van der Waals surface area contributed by atoms with Gasteiger partial charge in [-0.25, -0.2) is 0 Å². The van der Waals surface area contributed by atoms with Crippen molar-refractivity contribution >= 4 is 29.2 Å². The molecule has 1 heterocycles. The lowest BCUT2D eigenvalue weighted by molar-refractivity contribution is 0.592. The molecule has 0 amide bonds. The highest BCUT2D eigenvalue weighted by atomic mass is 15.2. The molecule has 0 saturated carbocycles. The Morgan fingerprint density at radius 3 is 2.50 bits per heavy atom. The van der Waals surface area contributed by atoms with Gasteiger partial charge in [0.05, 0.1) is 0 Å². The van der Waals surface area contributed by atoms with E-state index in [4.69, 9.17) is 11.5 Å². The van der Waals surface area contributed by atoms with Gasteiger partial charge in [0.15, 0.2) is 0 Å². The van der Waals surface area contributed by atoms with E-state index in [1.165, 1.54) is 0 Å². The second kappa shape index (κ2) is 9.91. The van der Waals surface area contributed by atoms with Gasteiger partial charge in [-0.15, -0.1) is 0 Å². The topological polar surface area (TPSA) is 115 Å². The predicted octanol–water partition coefficient (Wildman–Crippen LogP) is 4.07. The highest BCUT2D eigenvalue weighted by Crippen LogP contribution is 2.21. The van der Waals surface area contributed by atoms with E-state index >= 15 is 0 Å². The largest absolute Gasteiger partial charge is 0.399 e. The smallest absolute Gasteiger partial charge is 0.233 e. The van der Waals surface area contributed by atoms with Crippen LogP contribution in [-0.4, -0.2) is 21.0 Å². The molecule has 1 aromatic heterocycles. The Morgan fingerprint density at radius 2 is 1.82 bits per heavy atom. The number of rotatable bonds is 9. The van der Waals surface area contributed by atoms with Crippen molar-refractivity contribution in [3.63, 3.8) is 0 Å². The van der Waals surface area contributed by atoms with Crippen LogP contribution in [0.4, 0.5) is 29.2 Å². The Balaban J connectivity index is 2.17. The molecule has 7 nitrogen and oxygen atoms in total. The van der Waals surface area contributed by atoms with Gasteiger partial charge in [-0.05, 0) is 30.7 Å². The molecule has 2 unspecified atom stereocenters. The maximum Gasteiger partial charge on any atom is 0.233 e. The minimum absolute atomic E-state index is 0.0303. The van der Waals surface area contributed by atoms with Crippen molar-refractivity contribution in [1.29, 1.82) is 0 Å². The number of hydrogen-bond acceptors (Lipinski definition) is 7. The van der Waals surface area contributed by atoms with Crippen LogP contribution in [0.3, 0.4) is 0 Å². The molecule has 146 valence electrons. The molecule has 28 heavy (non-hydrogen) atoms. The fourth-order valence-corrected chi connectivity index (χ4v) is 2.55. The van der Waals surface area contributed by atoms with Crippen molar-refractivity contribution < 1.29 is 0 Å². The van der Waals surface area contributed by atoms with E-state index in [0.29, 0.717) is 17.6 Å². The molecule has 2 rings (SSSR count). The fourth-order valence-electron chi connectivity index (χ4n) is 2.55. The molecule has 0 aliphatic carbocycles. The van der Waals surface area contributed by atoms with E-state index in [9.17, 15) is 0 Å². The maximum absolute atomic E-state index is 5.85. The number of aromatic nitrogens is 3. The first-order chi connectivity index (χ1) is 13.4. The number of nitrogens with one attached hydrogen (secondary N) is 2. The number of hydrogen-bond donors (Lipinski definition) is 4. The van der Waals surface area contributed by atoms with Crippen molar-refractivity contribution in [2.24, 2.45) is 5.92 Å². The molecule has 2 atom stereocenters. The van der Waals surface area contributed by atoms with Gasteiger partial charge in [0.2, 0.25) is 17.8 Å². The summed E-state index contributed by atoms with van der Waals surface area (Å²) >= 11 is 0. The van der Waals surface area contributed by atoms with Crippen molar-refractivity contribution in [3.8, 4) is 0 Å². The summed E-state index contributed by atoms with van der Waals surface area (Å²) < 4.78 is 0. The summed E-state index contributed by atoms with van der Waals surface area (Å²) in [6, 6.07) is 7.33. The molecule has 0 aliphatic heterocycles. The SMILES string of the molecule is C=C/C=C\C(=C/C=C)C(C)C(C)Nc1nc(N)nc(Nc2cccc(N)c2)n1. The van der Waals surface area contributed by atoms with Crippen LogP contribution < -0.4 is 22.1 Å². The minimum Gasteiger partial charge on any atom is -0.399 e. The van der Waals surface area contributed by atoms with Crippen LogP contribution in [0.15, 0.2) is 73.4 Å². The van der Waals surface area contributed by atoms with E-state index in [0.717, 1.165) is 11.3 Å². The zero-order chi connectivity index (χ0) is 20.5. The first-order valence-corrected chi connectivity index (χ1v) is 8.95. The second-order valence-corrected chi connectivity index (χ2v) is 6.31. The lowest BCUT2D eigenvalue weighted by Gasteiger charge is -2.22.